The molecule has 122 valence electrons. The molecule has 0 atom stereocenters. The minimum Gasteiger partial charge on any atom is -0.377 e. The van der Waals surface area contributed by atoms with Crippen LogP contribution in [0.3, 0.4) is 0 Å². The number of nitrogens with zero attached hydrogens (tertiary/aromatic N) is 1. The summed E-state index contributed by atoms with van der Waals surface area (Å²) in [4.78, 5) is 5.96. The molecule has 0 unspecified atom stereocenters. The summed E-state index contributed by atoms with van der Waals surface area (Å²) in [6, 6.07) is 4.34. The van der Waals surface area contributed by atoms with Gasteiger partial charge in [0.2, 0.25) is 0 Å². The van der Waals surface area contributed by atoms with Gasteiger partial charge in [-0.3, -0.25) is 4.99 Å². The van der Waals surface area contributed by atoms with Crippen LogP contribution in [-0.2, 0) is 11.2 Å². The first kappa shape index (κ1) is 21.4. The van der Waals surface area contributed by atoms with Gasteiger partial charge in [-0.1, -0.05) is 0 Å². The Balaban J connectivity index is 0.00000400. The Morgan fingerprint density at radius 1 is 1.38 bits per heavy atom. The molecular weight excluding hydrogens is 512 g/mol. The van der Waals surface area contributed by atoms with Crippen molar-refractivity contribution < 1.29 is 4.74 Å². The molecule has 1 aromatic rings. The van der Waals surface area contributed by atoms with Crippen LogP contribution in [0.1, 0.15) is 25.6 Å². The molecule has 0 aliphatic rings. The van der Waals surface area contributed by atoms with Crippen LogP contribution in [0.2, 0.25) is 0 Å². The van der Waals surface area contributed by atoms with Crippen LogP contribution in [0.4, 0.5) is 0 Å². The summed E-state index contributed by atoms with van der Waals surface area (Å²) in [7, 11) is 1.72. The fourth-order valence-electron chi connectivity index (χ4n) is 1.47. The number of hydrogen-bond donors (Lipinski definition) is 2. The minimum atomic E-state index is -0.230. The smallest absolute Gasteiger partial charge is 0.191 e. The quantitative estimate of drug-likeness (QED) is 0.318. The molecule has 0 aliphatic carbocycles. The second kappa shape index (κ2) is 11.0. The molecule has 4 nitrogen and oxygen atoms in total. The van der Waals surface area contributed by atoms with E-state index in [1.807, 2.05) is 25.2 Å². The molecule has 0 radical (unpaired) electrons. The summed E-state index contributed by atoms with van der Waals surface area (Å²) in [6.45, 7) is 8.52. The van der Waals surface area contributed by atoms with Gasteiger partial charge in [-0.2, -0.15) is 0 Å². The maximum Gasteiger partial charge on any atom is 0.191 e. The number of guanidine groups is 1. The van der Waals surface area contributed by atoms with Crippen molar-refractivity contribution in [3.05, 3.63) is 19.9 Å². The number of methoxy groups -OCH3 is 1. The van der Waals surface area contributed by atoms with Crippen molar-refractivity contribution in [2.75, 3.05) is 26.7 Å². The SMILES string of the molecule is CCNC(=NCC(C)(C)OC)NCCc1ccc(I)s1.I. The lowest BCUT2D eigenvalue weighted by Crippen LogP contribution is -2.40. The highest BCUT2D eigenvalue weighted by Gasteiger charge is 2.15. The van der Waals surface area contributed by atoms with E-state index in [0.29, 0.717) is 6.54 Å². The first-order valence-corrected chi connectivity index (χ1v) is 8.68. The zero-order chi connectivity index (χ0) is 15.0. The summed E-state index contributed by atoms with van der Waals surface area (Å²) in [5, 5.41) is 6.62. The highest BCUT2D eigenvalue weighted by Crippen LogP contribution is 2.18. The summed E-state index contributed by atoms with van der Waals surface area (Å²) < 4.78 is 6.71. The van der Waals surface area contributed by atoms with Crippen LogP contribution in [-0.4, -0.2) is 38.3 Å². The second-order valence-electron chi connectivity index (χ2n) is 5.04. The van der Waals surface area contributed by atoms with Crippen LogP contribution < -0.4 is 10.6 Å². The largest absolute Gasteiger partial charge is 0.377 e. The van der Waals surface area contributed by atoms with E-state index in [2.05, 4.69) is 57.3 Å². The maximum atomic E-state index is 5.38. The monoisotopic (exact) mass is 537 g/mol. The lowest BCUT2D eigenvalue weighted by atomic mass is 10.1. The van der Waals surface area contributed by atoms with Gasteiger partial charge in [-0.25, -0.2) is 0 Å². The van der Waals surface area contributed by atoms with Gasteiger partial charge in [-0.15, -0.1) is 35.3 Å². The predicted molar refractivity (Wildman–Crippen MR) is 111 cm³/mol. The number of rotatable bonds is 7. The molecule has 0 saturated carbocycles. The first-order chi connectivity index (χ1) is 9.46. The fraction of sp³-hybridized carbons (Fsp3) is 0.643. The van der Waals surface area contributed by atoms with Gasteiger partial charge in [0, 0.05) is 25.1 Å². The number of ether oxygens (including phenoxy) is 1. The maximum absolute atomic E-state index is 5.38. The topological polar surface area (TPSA) is 45.7 Å². The van der Waals surface area contributed by atoms with Crippen molar-refractivity contribution in [2.24, 2.45) is 4.99 Å². The third-order valence-corrected chi connectivity index (χ3v) is 4.76. The summed E-state index contributed by atoms with van der Waals surface area (Å²) in [5.41, 5.74) is -0.230. The lowest BCUT2D eigenvalue weighted by Gasteiger charge is -2.21. The van der Waals surface area contributed by atoms with Gasteiger partial charge in [0.05, 0.1) is 15.0 Å². The Bertz CT molecular complexity index is 436. The summed E-state index contributed by atoms with van der Waals surface area (Å²) >= 11 is 4.19. The molecule has 0 aromatic carbocycles. The Morgan fingerprint density at radius 3 is 2.62 bits per heavy atom. The van der Waals surface area contributed by atoms with E-state index in [1.165, 1.54) is 7.76 Å². The van der Waals surface area contributed by atoms with E-state index < -0.39 is 0 Å². The molecule has 0 fully saturated rings. The summed E-state index contributed by atoms with van der Waals surface area (Å²) in [6.07, 6.45) is 1.02. The molecule has 0 bridgehead atoms. The molecule has 7 heteroatoms. The van der Waals surface area contributed by atoms with E-state index in [4.69, 9.17) is 4.74 Å². The number of halogens is 2. The van der Waals surface area contributed by atoms with Gasteiger partial charge < -0.3 is 15.4 Å². The number of nitrogens with one attached hydrogen (secondary N) is 2. The number of thiophene rings is 1. The fourth-order valence-corrected chi connectivity index (χ4v) is 3.22. The second-order valence-corrected chi connectivity index (χ2v) is 8.10. The van der Waals surface area contributed by atoms with Crippen molar-refractivity contribution in [1.82, 2.24) is 10.6 Å². The molecular formula is C14H25I2N3OS. The number of hydrogen-bond acceptors (Lipinski definition) is 3. The zero-order valence-electron chi connectivity index (χ0n) is 13.0. The molecule has 2 N–H and O–H groups in total. The van der Waals surface area contributed by atoms with E-state index in [9.17, 15) is 0 Å². The van der Waals surface area contributed by atoms with Gasteiger partial charge in [0.1, 0.15) is 0 Å². The van der Waals surface area contributed by atoms with Gasteiger partial charge in [0.25, 0.3) is 0 Å². The third-order valence-electron chi connectivity index (χ3n) is 2.81. The molecule has 1 heterocycles. The first-order valence-electron chi connectivity index (χ1n) is 6.78. The molecule has 1 aromatic heterocycles. The van der Waals surface area contributed by atoms with Crippen LogP contribution in [0, 0.1) is 2.88 Å². The minimum absolute atomic E-state index is 0. The van der Waals surface area contributed by atoms with Crippen molar-refractivity contribution in [2.45, 2.75) is 32.8 Å². The van der Waals surface area contributed by atoms with Crippen LogP contribution in [0.15, 0.2) is 17.1 Å². The zero-order valence-corrected chi connectivity index (χ0v) is 18.3. The standard InChI is InChI=1S/C14H24IN3OS.HI/c1-5-16-13(18-10-14(2,3)19-4)17-9-8-11-6-7-12(15)20-11;/h6-7H,5,8-10H2,1-4H3,(H2,16,17,18);1H. The van der Waals surface area contributed by atoms with Crippen molar-refractivity contribution in [1.29, 1.82) is 0 Å². The molecule has 0 aliphatic heterocycles. The Morgan fingerprint density at radius 2 is 2.10 bits per heavy atom. The molecule has 1 rings (SSSR count). The van der Waals surface area contributed by atoms with E-state index in [0.717, 1.165) is 25.5 Å². The Kier molecular flexibility index (Phi) is 11.2. The van der Waals surface area contributed by atoms with Crippen LogP contribution in [0.25, 0.3) is 0 Å². The van der Waals surface area contributed by atoms with Gasteiger partial charge >= 0.3 is 0 Å². The van der Waals surface area contributed by atoms with E-state index >= 15 is 0 Å². The molecule has 0 saturated heterocycles. The van der Waals surface area contributed by atoms with Crippen LogP contribution in [0.5, 0.6) is 0 Å². The number of aliphatic imine (C=N–C) groups is 1. The summed E-state index contributed by atoms with van der Waals surface area (Å²) in [5.74, 6) is 0.851. The highest BCUT2D eigenvalue weighted by atomic mass is 127. The molecule has 0 spiro atoms. The Hall–Kier alpha value is 0.390. The molecule has 21 heavy (non-hydrogen) atoms. The third kappa shape index (κ3) is 9.19. The van der Waals surface area contributed by atoms with Crippen molar-refractivity contribution in [3.8, 4) is 0 Å². The van der Waals surface area contributed by atoms with E-state index in [1.54, 1.807) is 7.11 Å². The average molecular weight is 537 g/mol. The normalized spacial score (nSPS) is 12.0. The van der Waals surface area contributed by atoms with Crippen molar-refractivity contribution in [3.63, 3.8) is 0 Å². The predicted octanol–water partition coefficient (Wildman–Crippen LogP) is 3.49. The van der Waals surface area contributed by atoms with E-state index in [-0.39, 0.29) is 29.6 Å². The highest BCUT2D eigenvalue weighted by molar-refractivity contribution is 14.1. The lowest BCUT2D eigenvalue weighted by molar-refractivity contribution is 0.0310. The van der Waals surface area contributed by atoms with Gasteiger partial charge in [0.15, 0.2) is 5.96 Å². The Labute approximate surface area is 162 Å². The average Bonchev–Trinajstić information content (AvgIpc) is 2.82. The van der Waals surface area contributed by atoms with Gasteiger partial charge in [-0.05, 0) is 61.9 Å². The molecule has 0 amide bonds. The van der Waals surface area contributed by atoms with Crippen LogP contribution >= 0.6 is 57.9 Å². The van der Waals surface area contributed by atoms with Crippen molar-refractivity contribution >= 4 is 63.9 Å².